The molecule has 2 atom stereocenters. The largest absolute Gasteiger partial charge is 0.338 e. The van der Waals surface area contributed by atoms with Gasteiger partial charge in [0.25, 0.3) is 5.91 Å². The first-order valence-corrected chi connectivity index (χ1v) is 7.01. The lowest BCUT2D eigenvalue weighted by molar-refractivity contribution is 0.0644. The summed E-state index contributed by atoms with van der Waals surface area (Å²) in [7, 11) is 0. The summed E-state index contributed by atoms with van der Waals surface area (Å²) in [4.78, 5) is 14.2. The SMILES string of the molecule is CCCNC1CCN(C(=O)c2ccnnc2)CC1C. The highest BCUT2D eigenvalue weighted by molar-refractivity contribution is 5.93. The highest BCUT2D eigenvalue weighted by Crippen LogP contribution is 2.18. The molecule has 0 bridgehead atoms. The van der Waals surface area contributed by atoms with Gasteiger partial charge in [0, 0.05) is 19.1 Å². The molecule has 104 valence electrons. The first-order valence-electron chi connectivity index (χ1n) is 7.01. The topological polar surface area (TPSA) is 58.1 Å². The minimum Gasteiger partial charge on any atom is -0.338 e. The molecule has 0 aliphatic carbocycles. The minimum atomic E-state index is 0.0655. The molecule has 1 aromatic rings. The molecule has 1 fully saturated rings. The molecule has 19 heavy (non-hydrogen) atoms. The maximum absolute atomic E-state index is 12.3. The van der Waals surface area contributed by atoms with Crippen LogP contribution in [0.3, 0.4) is 0 Å². The summed E-state index contributed by atoms with van der Waals surface area (Å²) in [5.41, 5.74) is 0.627. The number of aromatic nitrogens is 2. The number of likely N-dealkylation sites (tertiary alicyclic amines) is 1. The summed E-state index contributed by atoms with van der Waals surface area (Å²) >= 11 is 0. The Morgan fingerprint density at radius 3 is 3.00 bits per heavy atom. The Morgan fingerprint density at radius 1 is 1.53 bits per heavy atom. The predicted octanol–water partition coefficient (Wildman–Crippen LogP) is 1.33. The van der Waals surface area contributed by atoms with E-state index in [-0.39, 0.29) is 5.91 Å². The summed E-state index contributed by atoms with van der Waals surface area (Å²) in [5.74, 6) is 0.551. The van der Waals surface area contributed by atoms with Crippen molar-refractivity contribution in [1.82, 2.24) is 20.4 Å². The third-order valence-electron chi connectivity index (χ3n) is 3.68. The Morgan fingerprint density at radius 2 is 2.37 bits per heavy atom. The molecule has 1 aliphatic rings. The van der Waals surface area contributed by atoms with E-state index < -0.39 is 0 Å². The van der Waals surface area contributed by atoms with Crippen molar-refractivity contribution in [3.8, 4) is 0 Å². The van der Waals surface area contributed by atoms with Crippen LogP contribution >= 0.6 is 0 Å². The Hall–Kier alpha value is -1.49. The van der Waals surface area contributed by atoms with Crippen LogP contribution in [-0.4, -0.2) is 46.7 Å². The number of piperidine rings is 1. The van der Waals surface area contributed by atoms with Gasteiger partial charge in [-0.25, -0.2) is 0 Å². The molecule has 2 heterocycles. The second-order valence-electron chi connectivity index (χ2n) is 5.21. The summed E-state index contributed by atoms with van der Waals surface area (Å²) in [6.45, 7) is 7.05. The summed E-state index contributed by atoms with van der Waals surface area (Å²) in [6, 6.07) is 2.25. The highest BCUT2D eigenvalue weighted by Gasteiger charge is 2.28. The van der Waals surface area contributed by atoms with Crippen molar-refractivity contribution >= 4 is 5.91 Å². The standard InChI is InChI=1S/C14H22N4O/c1-3-6-15-13-5-8-18(10-11(13)2)14(19)12-4-7-16-17-9-12/h4,7,9,11,13,15H,3,5-6,8,10H2,1-2H3. The van der Waals surface area contributed by atoms with Crippen molar-refractivity contribution < 1.29 is 4.79 Å². The molecule has 0 saturated carbocycles. The zero-order valence-corrected chi connectivity index (χ0v) is 11.7. The van der Waals surface area contributed by atoms with E-state index >= 15 is 0 Å². The molecule has 1 amide bonds. The van der Waals surface area contributed by atoms with Crippen LogP contribution in [0.25, 0.3) is 0 Å². The fraction of sp³-hybridized carbons (Fsp3) is 0.643. The van der Waals surface area contributed by atoms with Gasteiger partial charge in [-0.3, -0.25) is 4.79 Å². The summed E-state index contributed by atoms with van der Waals surface area (Å²) < 4.78 is 0. The van der Waals surface area contributed by atoms with E-state index in [1.54, 1.807) is 12.3 Å². The third-order valence-corrected chi connectivity index (χ3v) is 3.68. The maximum Gasteiger partial charge on any atom is 0.255 e. The second-order valence-corrected chi connectivity index (χ2v) is 5.21. The average molecular weight is 262 g/mol. The van der Waals surface area contributed by atoms with E-state index in [1.165, 1.54) is 6.20 Å². The Balaban J connectivity index is 1.93. The van der Waals surface area contributed by atoms with Gasteiger partial charge < -0.3 is 10.2 Å². The van der Waals surface area contributed by atoms with Gasteiger partial charge >= 0.3 is 0 Å². The van der Waals surface area contributed by atoms with Crippen molar-refractivity contribution in [2.45, 2.75) is 32.7 Å². The number of nitrogens with one attached hydrogen (secondary N) is 1. The molecule has 1 aromatic heterocycles. The Kier molecular flexibility index (Phi) is 4.85. The molecule has 1 aliphatic heterocycles. The quantitative estimate of drug-likeness (QED) is 0.889. The van der Waals surface area contributed by atoms with Crippen LogP contribution in [0.4, 0.5) is 0 Å². The molecule has 2 rings (SSSR count). The van der Waals surface area contributed by atoms with Crippen molar-refractivity contribution in [3.63, 3.8) is 0 Å². The van der Waals surface area contributed by atoms with Gasteiger partial charge in [0.15, 0.2) is 0 Å². The lowest BCUT2D eigenvalue weighted by atomic mass is 9.93. The molecule has 5 nitrogen and oxygen atoms in total. The lowest BCUT2D eigenvalue weighted by Gasteiger charge is -2.37. The molecular weight excluding hydrogens is 240 g/mol. The fourth-order valence-corrected chi connectivity index (χ4v) is 2.56. The third kappa shape index (κ3) is 3.50. The lowest BCUT2D eigenvalue weighted by Crippen LogP contribution is -2.50. The predicted molar refractivity (Wildman–Crippen MR) is 73.8 cm³/mol. The minimum absolute atomic E-state index is 0.0655. The number of hydrogen-bond acceptors (Lipinski definition) is 4. The molecule has 1 saturated heterocycles. The van der Waals surface area contributed by atoms with Crippen LogP contribution in [0.1, 0.15) is 37.0 Å². The van der Waals surface area contributed by atoms with Gasteiger partial charge in [0.2, 0.25) is 0 Å². The summed E-state index contributed by atoms with van der Waals surface area (Å²) in [6.07, 6.45) is 5.26. The zero-order chi connectivity index (χ0) is 13.7. The molecular formula is C14H22N4O. The van der Waals surface area contributed by atoms with Crippen LogP contribution in [0.2, 0.25) is 0 Å². The molecule has 0 radical (unpaired) electrons. The molecule has 0 spiro atoms. The second kappa shape index (κ2) is 6.61. The number of carbonyl (C=O) groups excluding carboxylic acids is 1. The maximum atomic E-state index is 12.3. The Bertz CT molecular complexity index is 409. The van der Waals surface area contributed by atoms with Crippen LogP contribution < -0.4 is 5.32 Å². The monoisotopic (exact) mass is 262 g/mol. The van der Waals surface area contributed by atoms with Crippen LogP contribution in [0, 0.1) is 5.92 Å². The van der Waals surface area contributed by atoms with E-state index in [1.807, 2.05) is 4.90 Å². The van der Waals surface area contributed by atoms with Gasteiger partial charge in [-0.1, -0.05) is 13.8 Å². The van der Waals surface area contributed by atoms with E-state index in [2.05, 4.69) is 29.4 Å². The smallest absolute Gasteiger partial charge is 0.255 e. The van der Waals surface area contributed by atoms with Gasteiger partial charge in [-0.15, -0.1) is 0 Å². The van der Waals surface area contributed by atoms with Gasteiger partial charge in [0.1, 0.15) is 0 Å². The fourth-order valence-electron chi connectivity index (χ4n) is 2.56. The van der Waals surface area contributed by atoms with E-state index in [0.717, 1.165) is 32.5 Å². The van der Waals surface area contributed by atoms with Gasteiger partial charge in [-0.2, -0.15) is 10.2 Å². The van der Waals surface area contributed by atoms with Crippen LogP contribution in [0.5, 0.6) is 0 Å². The number of nitrogens with zero attached hydrogens (tertiary/aromatic N) is 3. The number of hydrogen-bond donors (Lipinski definition) is 1. The van der Waals surface area contributed by atoms with Gasteiger partial charge in [0.05, 0.1) is 18.0 Å². The normalized spacial score (nSPS) is 23.4. The zero-order valence-electron chi connectivity index (χ0n) is 11.7. The highest BCUT2D eigenvalue weighted by atomic mass is 16.2. The van der Waals surface area contributed by atoms with Crippen molar-refractivity contribution in [1.29, 1.82) is 0 Å². The average Bonchev–Trinajstić information content (AvgIpc) is 2.46. The molecule has 5 heteroatoms. The molecule has 0 aromatic carbocycles. The Labute approximate surface area is 114 Å². The number of carbonyl (C=O) groups is 1. The van der Waals surface area contributed by atoms with Crippen molar-refractivity contribution in [2.75, 3.05) is 19.6 Å². The van der Waals surface area contributed by atoms with E-state index in [4.69, 9.17) is 0 Å². The van der Waals surface area contributed by atoms with Gasteiger partial charge in [-0.05, 0) is 31.4 Å². The van der Waals surface area contributed by atoms with Crippen LogP contribution in [-0.2, 0) is 0 Å². The molecule has 2 unspecified atom stereocenters. The molecule has 1 N–H and O–H groups in total. The van der Waals surface area contributed by atoms with E-state index in [9.17, 15) is 4.79 Å². The first kappa shape index (κ1) is 13.9. The number of amides is 1. The van der Waals surface area contributed by atoms with Crippen molar-refractivity contribution in [3.05, 3.63) is 24.0 Å². The summed E-state index contributed by atoms with van der Waals surface area (Å²) in [5, 5.41) is 11.0. The number of rotatable bonds is 4. The van der Waals surface area contributed by atoms with Crippen molar-refractivity contribution in [2.24, 2.45) is 5.92 Å². The van der Waals surface area contributed by atoms with E-state index in [0.29, 0.717) is 17.5 Å². The van der Waals surface area contributed by atoms with Crippen LogP contribution in [0.15, 0.2) is 18.5 Å². The first-order chi connectivity index (χ1) is 9.22.